The maximum Gasteiger partial charge on any atom is 0.299 e. The number of ether oxygens (including phenoxy) is 1. The predicted molar refractivity (Wildman–Crippen MR) is 235 cm³/mol. The Kier molecular flexibility index (Phi) is 11.1. The Morgan fingerprint density at radius 1 is 1.07 bits per heavy atom. The summed E-state index contributed by atoms with van der Waals surface area (Å²) in [6.45, 7) is 13.1. The quantitative estimate of drug-likeness (QED) is 0.0406. The summed E-state index contributed by atoms with van der Waals surface area (Å²) in [5.41, 5.74) is 11.8. The number of hydrogen-bond donors (Lipinski definition) is 6. The molecule has 0 radical (unpaired) electrons. The minimum absolute atomic E-state index is 0.0455. The zero-order chi connectivity index (χ0) is 41.7. The summed E-state index contributed by atoms with van der Waals surface area (Å²) in [4.78, 5) is 13.4. The van der Waals surface area contributed by atoms with Crippen LogP contribution in [0.15, 0.2) is 76.2 Å². The van der Waals surface area contributed by atoms with Crippen LogP contribution < -0.4 is 11.1 Å². The summed E-state index contributed by atoms with van der Waals surface area (Å²) in [5, 5.41) is 48.6. The fourth-order valence-corrected chi connectivity index (χ4v) is 12.9. The van der Waals surface area contributed by atoms with Crippen molar-refractivity contribution in [3.8, 4) is 0 Å². The van der Waals surface area contributed by atoms with Crippen molar-refractivity contribution in [2.24, 2.45) is 27.0 Å². The number of allylic oxidation sites excluding steroid dienone is 3. The summed E-state index contributed by atoms with van der Waals surface area (Å²) >= 11 is 1.48. The number of likely N-dealkylation sites (tertiary alicyclic amines) is 1. The van der Waals surface area contributed by atoms with Crippen molar-refractivity contribution in [3.05, 3.63) is 82.5 Å². The lowest BCUT2D eigenvalue weighted by atomic mass is 9.39. The molecular formula is C45H61N9O4S. The van der Waals surface area contributed by atoms with Crippen LogP contribution in [0.1, 0.15) is 96.2 Å². The van der Waals surface area contributed by atoms with Gasteiger partial charge in [-0.05, 0) is 138 Å². The number of likely N-dealkylation sites (N-methyl/N-ethyl adjacent to an activating group) is 1. The first kappa shape index (κ1) is 41.2. The summed E-state index contributed by atoms with van der Waals surface area (Å²) in [6, 6.07) is 7.88. The third-order valence-corrected chi connectivity index (χ3v) is 14.4. The van der Waals surface area contributed by atoms with E-state index in [0.29, 0.717) is 41.9 Å². The number of rotatable bonds is 14. The van der Waals surface area contributed by atoms with E-state index in [2.05, 4.69) is 52.7 Å². The number of aromatic nitrogens is 3. The second-order valence-corrected chi connectivity index (χ2v) is 19.9. The van der Waals surface area contributed by atoms with Crippen LogP contribution in [0.5, 0.6) is 0 Å². The van der Waals surface area contributed by atoms with Crippen LogP contribution >= 0.6 is 11.3 Å². The summed E-state index contributed by atoms with van der Waals surface area (Å²) < 4.78 is 10.1. The van der Waals surface area contributed by atoms with Gasteiger partial charge in [0, 0.05) is 48.6 Å². The third-order valence-electron chi connectivity index (χ3n) is 13.5. The van der Waals surface area contributed by atoms with Crippen LogP contribution in [0.3, 0.4) is 0 Å². The monoisotopic (exact) mass is 823 g/mol. The number of nitrogens with two attached hydrogens (primary N) is 1. The van der Waals surface area contributed by atoms with Crippen molar-refractivity contribution < 1.29 is 20.1 Å². The zero-order valence-electron chi connectivity index (χ0n) is 35.3. The third kappa shape index (κ3) is 8.21. The Labute approximate surface area is 351 Å². The second-order valence-electron chi connectivity index (χ2n) is 18.9. The SMILES string of the molecule is CC(=C1\CCCN(C2=CC=C(c3cnn(CC45CC6(OCCN(C)CCCCO)C[C@](C)(C4)C[C@](C)(C5)C6)c3C)C(=C(O)O)N2)C1=N)/C(N)=N\c1nc2ccccc2s1. The fraction of sp³-hybridized carbons (Fsp3) is 0.556. The minimum Gasteiger partial charge on any atom is -0.480 e. The number of nitrogens with one attached hydrogen (secondary N) is 2. The van der Waals surface area contributed by atoms with Gasteiger partial charge in [-0.1, -0.05) is 37.3 Å². The average molecular weight is 824 g/mol. The molecule has 4 saturated carbocycles. The van der Waals surface area contributed by atoms with E-state index in [-0.39, 0.29) is 40.0 Å². The molecule has 59 heavy (non-hydrogen) atoms. The molecule has 9 rings (SSSR count). The first-order valence-electron chi connectivity index (χ1n) is 21.2. The second kappa shape index (κ2) is 15.8. The smallest absolute Gasteiger partial charge is 0.299 e. The van der Waals surface area contributed by atoms with Crippen LogP contribution in [0.25, 0.3) is 15.8 Å². The van der Waals surface area contributed by atoms with Gasteiger partial charge in [-0.15, -0.1) is 0 Å². The van der Waals surface area contributed by atoms with E-state index < -0.39 is 5.95 Å². The largest absolute Gasteiger partial charge is 0.480 e. The number of thiazole rings is 1. The molecule has 2 aliphatic heterocycles. The number of aliphatic hydroxyl groups is 3. The van der Waals surface area contributed by atoms with Gasteiger partial charge in [0.05, 0.1) is 28.6 Å². The molecule has 0 spiro atoms. The van der Waals surface area contributed by atoms with Crippen LogP contribution in [-0.2, 0) is 11.3 Å². The maximum atomic E-state index is 10.7. The van der Waals surface area contributed by atoms with Gasteiger partial charge in [-0.2, -0.15) is 5.10 Å². The van der Waals surface area contributed by atoms with Gasteiger partial charge in [0.15, 0.2) is 0 Å². The Hall–Kier alpha value is -4.50. The molecule has 14 heteroatoms. The van der Waals surface area contributed by atoms with Crippen molar-refractivity contribution in [2.75, 3.05) is 39.9 Å². The predicted octanol–water partition coefficient (Wildman–Crippen LogP) is 7.83. The number of dihydropyridines is 1. The number of piperidine rings is 1. The number of hydrogen-bond acceptors (Lipinski definition) is 11. The number of nitrogens with zero attached hydrogens (tertiary/aromatic N) is 6. The van der Waals surface area contributed by atoms with Crippen LogP contribution in [0, 0.1) is 28.6 Å². The van der Waals surface area contributed by atoms with Crippen molar-refractivity contribution in [2.45, 2.75) is 104 Å². The van der Waals surface area contributed by atoms with E-state index in [1.807, 2.05) is 54.4 Å². The van der Waals surface area contributed by atoms with Gasteiger partial charge in [-0.25, -0.2) is 9.98 Å². The van der Waals surface area contributed by atoms with Crippen molar-refractivity contribution >= 4 is 43.9 Å². The highest BCUT2D eigenvalue weighted by atomic mass is 32.1. The lowest BCUT2D eigenvalue weighted by Gasteiger charge is -2.69. The molecule has 4 bridgehead atoms. The molecule has 6 aliphatic rings. The van der Waals surface area contributed by atoms with E-state index in [9.17, 15) is 20.7 Å². The van der Waals surface area contributed by atoms with E-state index in [1.54, 1.807) is 0 Å². The van der Waals surface area contributed by atoms with Gasteiger partial charge >= 0.3 is 0 Å². The highest BCUT2D eigenvalue weighted by Crippen LogP contribution is 2.72. The van der Waals surface area contributed by atoms with Crippen LogP contribution in [0.2, 0.25) is 0 Å². The Bertz CT molecular complexity index is 2230. The molecule has 2 aromatic heterocycles. The number of amidine groups is 2. The number of unbranched alkanes of at least 4 members (excludes halogenated alkanes) is 1. The lowest BCUT2D eigenvalue weighted by Crippen LogP contribution is -2.64. The molecule has 2 unspecified atom stereocenters. The van der Waals surface area contributed by atoms with E-state index >= 15 is 0 Å². The topological polar surface area (TPSA) is 181 Å². The molecule has 3 aromatic rings. The molecule has 1 aromatic carbocycles. The molecule has 4 heterocycles. The van der Waals surface area contributed by atoms with E-state index in [4.69, 9.17) is 15.6 Å². The number of benzene rings is 1. The molecular weight excluding hydrogens is 763 g/mol. The van der Waals surface area contributed by atoms with E-state index in [1.165, 1.54) is 17.8 Å². The molecule has 7 N–H and O–H groups in total. The normalized spacial score (nSPS) is 29.0. The molecule has 316 valence electrons. The number of para-hydroxylation sites is 1. The Morgan fingerprint density at radius 3 is 2.56 bits per heavy atom. The fourth-order valence-electron chi connectivity index (χ4n) is 12.1. The number of aliphatic hydroxyl groups excluding tert-OH is 2. The summed E-state index contributed by atoms with van der Waals surface area (Å²) in [5.74, 6) is 0.366. The molecule has 5 fully saturated rings. The Morgan fingerprint density at radius 2 is 1.83 bits per heavy atom. The lowest BCUT2D eigenvalue weighted by molar-refractivity contribution is -0.248. The number of fused-ring (bicyclic) bond motifs is 1. The van der Waals surface area contributed by atoms with Gasteiger partial charge in [0.2, 0.25) is 5.13 Å². The first-order valence-corrected chi connectivity index (χ1v) is 22.0. The highest BCUT2D eigenvalue weighted by Gasteiger charge is 2.66. The molecule has 0 amide bonds. The Balaban J connectivity index is 1.01. The van der Waals surface area contributed by atoms with Crippen LogP contribution in [0.4, 0.5) is 5.13 Å². The molecule has 1 saturated heterocycles. The standard InChI is InChI=1S/C45H61N9O4S/c1-29(38(46)51-41-49-34-12-6-7-13-35(34)59-41)31-11-10-17-53(39(31)47)36-15-14-32(37(50-36)40(56)57)33-21-48-54(30(33)2)28-44-23-42(3)22-43(4,24-44)26-45(25-42,27-44)58-20-18-52(5)16-8-9-19-55/h6-7,12-15,21,47,50,55-57H,8-11,16-20,22-28H2,1-5H3,(H2,46,49,51)/b31-29-,47-39?/t42-,43+,44?,45?. The highest BCUT2D eigenvalue weighted by molar-refractivity contribution is 7.22. The number of aliphatic imine (C=N–C) groups is 1. The van der Waals surface area contributed by atoms with Crippen LogP contribution in [-0.4, -0.2) is 97.1 Å². The van der Waals surface area contributed by atoms with Gasteiger partial charge < -0.3 is 40.9 Å². The maximum absolute atomic E-state index is 10.7. The molecule has 4 atom stereocenters. The van der Waals surface area contributed by atoms with E-state index in [0.717, 1.165) is 104 Å². The van der Waals surface area contributed by atoms with Crippen molar-refractivity contribution in [3.63, 3.8) is 0 Å². The minimum atomic E-state index is -0.822. The van der Waals surface area contributed by atoms with Gasteiger partial charge in [-0.3, -0.25) is 10.1 Å². The van der Waals surface area contributed by atoms with Gasteiger partial charge in [0.1, 0.15) is 23.2 Å². The molecule has 13 nitrogen and oxygen atoms in total. The summed E-state index contributed by atoms with van der Waals surface area (Å²) in [7, 11) is 2.14. The molecule has 4 aliphatic carbocycles. The van der Waals surface area contributed by atoms with Crippen molar-refractivity contribution in [1.29, 1.82) is 5.41 Å². The summed E-state index contributed by atoms with van der Waals surface area (Å²) in [6.07, 6.45) is 15.6. The van der Waals surface area contributed by atoms with Crippen molar-refractivity contribution in [1.82, 2.24) is 29.9 Å². The average Bonchev–Trinajstić information content (AvgIpc) is 3.74. The van der Waals surface area contributed by atoms with Gasteiger partial charge in [0.25, 0.3) is 5.95 Å². The zero-order valence-corrected chi connectivity index (χ0v) is 36.1. The first-order chi connectivity index (χ1) is 28.1.